The molecule has 2 heterocycles. The Morgan fingerprint density at radius 2 is 2.27 bits per heavy atom. The molecule has 0 saturated carbocycles. The quantitative estimate of drug-likeness (QED) is 0.509. The van der Waals surface area contributed by atoms with Gasteiger partial charge in [0.05, 0.1) is 12.4 Å². The third kappa shape index (κ3) is 2.42. The number of nitrogens with one attached hydrogen (secondary N) is 2. The average molecular weight is 223 g/mol. The van der Waals surface area contributed by atoms with Gasteiger partial charge in [-0.3, -0.25) is 10.1 Å². The van der Waals surface area contributed by atoms with E-state index in [2.05, 4.69) is 30.6 Å². The number of anilines is 1. The molecule has 0 aliphatic heterocycles. The minimum Gasteiger partial charge on any atom is -0.307 e. The normalized spacial score (nSPS) is 10.3. The Labute approximate surface area is 89.9 Å². The van der Waals surface area contributed by atoms with Crippen LogP contribution in [0.3, 0.4) is 0 Å². The first-order chi connectivity index (χ1) is 7.28. The summed E-state index contributed by atoms with van der Waals surface area (Å²) >= 11 is 1.32. The van der Waals surface area contributed by atoms with E-state index in [1.54, 1.807) is 6.20 Å². The highest BCUT2D eigenvalue weighted by atomic mass is 32.2. The van der Waals surface area contributed by atoms with Crippen molar-refractivity contribution in [2.75, 3.05) is 5.43 Å². The molecule has 0 aliphatic rings. The zero-order chi connectivity index (χ0) is 10.7. The number of hydrogen-bond donors (Lipinski definition) is 3. The van der Waals surface area contributed by atoms with Gasteiger partial charge in [0, 0.05) is 0 Å². The zero-order valence-electron chi connectivity index (χ0n) is 7.93. The molecule has 0 amide bonds. The number of hydrazine groups is 1. The van der Waals surface area contributed by atoms with Crippen LogP contribution < -0.4 is 11.3 Å². The van der Waals surface area contributed by atoms with Gasteiger partial charge >= 0.3 is 0 Å². The van der Waals surface area contributed by atoms with E-state index in [4.69, 9.17) is 5.84 Å². The Morgan fingerprint density at radius 3 is 2.93 bits per heavy atom. The van der Waals surface area contributed by atoms with Crippen LogP contribution in [0.25, 0.3) is 0 Å². The van der Waals surface area contributed by atoms with E-state index in [1.165, 1.54) is 18.0 Å². The number of nitrogen functional groups attached to an aromatic ring is 1. The van der Waals surface area contributed by atoms with Crippen LogP contribution in [0.2, 0.25) is 0 Å². The Morgan fingerprint density at radius 1 is 1.40 bits per heavy atom. The monoisotopic (exact) mass is 223 g/mol. The molecule has 0 atom stereocenters. The molecule has 2 aromatic rings. The van der Waals surface area contributed by atoms with E-state index in [0.29, 0.717) is 16.0 Å². The third-order valence-corrected chi connectivity index (χ3v) is 2.30. The molecule has 0 saturated heterocycles. The first-order valence-electron chi connectivity index (χ1n) is 4.13. The number of nitrogens with zero attached hydrogens (tertiary/aromatic N) is 4. The summed E-state index contributed by atoms with van der Waals surface area (Å²) in [5.74, 6) is 6.49. The highest BCUT2D eigenvalue weighted by molar-refractivity contribution is 7.99. The molecule has 0 radical (unpaired) electrons. The topological polar surface area (TPSA) is 105 Å². The van der Waals surface area contributed by atoms with Gasteiger partial charge in [-0.25, -0.2) is 15.8 Å². The smallest absolute Gasteiger partial charge is 0.214 e. The summed E-state index contributed by atoms with van der Waals surface area (Å²) in [6.07, 6.45) is 3.16. The van der Waals surface area contributed by atoms with Crippen LogP contribution in [0, 0.1) is 6.92 Å². The van der Waals surface area contributed by atoms with Gasteiger partial charge in [0.2, 0.25) is 5.16 Å². The fraction of sp³-hybridized carbons (Fsp3) is 0.143. The van der Waals surface area contributed by atoms with Gasteiger partial charge in [-0.1, -0.05) is 0 Å². The van der Waals surface area contributed by atoms with Crippen LogP contribution >= 0.6 is 11.8 Å². The molecule has 7 nitrogen and oxygen atoms in total. The predicted molar refractivity (Wildman–Crippen MR) is 55.1 cm³/mol. The number of aromatic nitrogens is 5. The van der Waals surface area contributed by atoms with Crippen LogP contribution in [-0.4, -0.2) is 25.1 Å². The number of aryl methyl sites for hydroxylation is 1. The third-order valence-electron chi connectivity index (χ3n) is 1.53. The van der Waals surface area contributed by atoms with Crippen molar-refractivity contribution in [1.29, 1.82) is 0 Å². The molecule has 15 heavy (non-hydrogen) atoms. The number of nitrogens with two attached hydrogens (primary N) is 1. The summed E-state index contributed by atoms with van der Waals surface area (Å²) in [6.45, 7) is 1.83. The minimum atomic E-state index is 0.507. The molecule has 0 bridgehead atoms. The summed E-state index contributed by atoms with van der Waals surface area (Å²) in [5.41, 5.74) is 2.42. The molecule has 2 rings (SSSR count). The first kappa shape index (κ1) is 9.87. The van der Waals surface area contributed by atoms with Crippen LogP contribution in [0.15, 0.2) is 22.6 Å². The minimum absolute atomic E-state index is 0.507. The van der Waals surface area contributed by atoms with E-state index < -0.39 is 0 Å². The van der Waals surface area contributed by atoms with Gasteiger partial charge in [-0.15, -0.1) is 5.10 Å². The SMILES string of the molecule is Cc1nc(Sc2cncc(NN)n2)n[nH]1. The Kier molecular flexibility index (Phi) is 2.79. The fourth-order valence-electron chi connectivity index (χ4n) is 0.928. The van der Waals surface area contributed by atoms with E-state index in [0.717, 1.165) is 5.82 Å². The molecule has 8 heteroatoms. The lowest BCUT2D eigenvalue weighted by atomic mass is 10.7. The van der Waals surface area contributed by atoms with Gasteiger partial charge < -0.3 is 5.43 Å². The van der Waals surface area contributed by atoms with Crippen LogP contribution in [0.1, 0.15) is 5.82 Å². The Balaban J connectivity index is 2.16. The summed E-state index contributed by atoms with van der Waals surface area (Å²) < 4.78 is 0. The molecular weight excluding hydrogens is 214 g/mol. The molecule has 0 unspecified atom stereocenters. The highest BCUT2D eigenvalue weighted by Crippen LogP contribution is 2.22. The van der Waals surface area contributed by atoms with Crippen molar-refractivity contribution < 1.29 is 0 Å². The number of H-pyrrole nitrogens is 1. The molecule has 2 aromatic heterocycles. The molecule has 0 fully saturated rings. The van der Waals surface area contributed by atoms with Crippen molar-refractivity contribution in [3.05, 3.63) is 18.2 Å². The van der Waals surface area contributed by atoms with Gasteiger partial charge in [0.15, 0.2) is 5.82 Å². The fourth-order valence-corrected chi connectivity index (χ4v) is 1.65. The van der Waals surface area contributed by atoms with E-state index >= 15 is 0 Å². The first-order valence-corrected chi connectivity index (χ1v) is 4.95. The lowest BCUT2D eigenvalue weighted by Crippen LogP contribution is -2.08. The van der Waals surface area contributed by atoms with Crippen LogP contribution in [0.5, 0.6) is 0 Å². The van der Waals surface area contributed by atoms with Crippen molar-refractivity contribution in [2.24, 2.45) is 5.84 Å². The number of rotatable bonds is 3. The van der Waals surface area contributed by atoms with Crippen molar-refractivity contribution in [3.8, 4) is 0 Å². The largest absolute Gasteiger partial charge is 0.307 e. The summed E-state index contributed by atoms with van der Waals surface area (Å²) in [4.78, 5) is 12.3. The van der Waals surface area contributed by atoms with Gasteiger partial charge in [-0.05, 0) is 18.7 Å². The maximum atomic E-state index is 5.22. The molecule has 0 spiro atoms. The van der Waals surface area contributed by atoms with Crippen molar-refractivity contribution in [1.82, 2.24) is 25.1 Å². The Hall–Kier alpha value is -1.67. The average Bonchev–Trinajstić information content (AvgIpc) is 2.64. The Bertz CT molecular complexity index is 454. The number of aromatic amines is 1. The van der Waals surface area contributed by atoms with Gasteiger partial charge in [-0.2, -0.15) is 0 Å². The second-order valence-corrected chi connectivity index (χ2v) is 3.68. The van der Waals surface area contributed by atoms with Crippen LogP contribution in [-0.2, 0) is 0 Å². The predicted octanol–water partition coefficient (Wildman–Crippen LogP) is 0.340. The van der Waals surface area contributed by atoms with Crippen molar-refractivity contribution in [3.63, 3.8) is 0 Å². The summed E-state index contributed by atoms with van der Waals surface area (Å²) in [6, 6.07) is 0. The highest BCUT2D eigenvalue weighted by Gasteiger charge is 2.04. The van der Waals surface area contributed by atoms with Crippen molar-refractivity contribution in [2.45, 2.75) is 17.1 Å². The van der Waals surface area contributed by atoms with E-state index in [-0.39, 0.29) is 0 Å². The van der Waals surface area contributed by atoms with Gasteiger partial charge in [0.1, 0.15) is 10.9 Å². The molecule has 0 aliphatic carbocycles. The van der Waals surface area contributed by atoms with Crippen LogP contribution in [0.4, 0.5) is 5.82 Å². The van der Waals surface area contributed by atoms with Gasteiger partial charge in [0.25, 0.3) is 0 Å². The number of hydrogen-bond acceptors (Lipinski definition) is 7. The maximum absolute atomic E-state index is 5.22. The van der Waals surface area contributed by atoms with Crippen molar-refractivity contribution >= 4 is 17.6 Å². The standard InChI is InChI=1S/C7H9N7S/c1-4-10-7(14-13-4)15-6-3-9-2-5(11-6)12-8/h2-3H,8H2,1H3,(H,11,12)(H,10,13,14). The lowest BCUT2D eigenvalue weighted by molar-refractivity contribution is 0.959. The molecule has 0 aromatic carbocycles. The molecule has 78 valence electrons. The second kappa shape index (κ2) is 4.24. The molecule has 4 N–H and O–H groups in total. The molecular formula is C7H9N7S. The maximum Gasteiger partial charge on any atom is 0.214 e. The lowest BCUT2D eigenvalue weighted by Gasteiger charge is -1.99. The van der Waals surface area contributed by atoms with E-state index in [1.807, 2.05) is 6.92 Å². The second-order valence-electron chi connectivity index (χ2n) is 2.69. The van der Waals surface area contributed by atoms with E-state index in [9.17, 15) is 0 Å². The zero-order valence-corrected chi connectivity index (χ0v) is 8.75. The summed E-state index contributed by atoms with van der Waals surface area (Å²) in [5, 5.41) is 8.01. The summed E-state index contributed by atoms with van der Waals surface area (Å²) in [7, 11) is 0.